The average Bonchev–Trinajstić information content (AvgIpc) is 2.69. The van der Waals surface area contributed by atoms with Gasteiger partial charge in [-0.2, -0.15) is 0 Å². The molecular formula is C16H25FNO+. The van der Waals surface area contributed by atoms with Crippen molar-refractivity contribution < 1.29 is 14.0 Å². The van der Waals surface area contributed by atoms with Crippen molar-refractivity contribution in [3.8, 4) is 5.75 Å². The molecule has 0 unspecified atom stereocenters. The molecule has 0 atom stereocenters. The first-order valence-corrected chi connectivity index (χ1v) is 7.57. The van der Waals surface area contributed by atoms with Crippen LogP contribution in [-0.4, -0.2) is 26.2 Å². The number of hydrogen-bond acceptors (Lipinski definition) is 1. The van der Waals surface area contributed by atoms with E-state index in [1.54, 1.807) is 23.1 Å². The monoisotopic (exact) mass is 266 g/mol. The van der Waals surface area contributed by atoms with Crippen molar-refractivity contribution in [1.29, 1.82) is 0 Å². The summed E-state index contributed by atoms with van der Waals surface area (Å²) in [4.78, 5) is 1.74. The highest BCUT2D eigenvalue weighted by atomic mass is 19.1. The second-order valence-corrected chi connectivity index (χ2v) is 5.40. The Bertz CT molecular complexity index is 362. The molecule has 1 aromatic carbocycles. The zero-order valence-electron chi connectivity index (χ0n) is 11.7. The molecule has 0 aromatic heterocycles. The molecule has 19 heavy (non-hydrogen) atoms. The van der Waals surface area contributed by atoms with Gasteiger partial charge in [-0.1, -0.05) is 12.1 Å². The van der Waals surface area contributed by atoms with Crippen LogP contribution in [0.2, 0.25) is 0 Å². The molecule has 1 saturated heterocycles. The van der Waals surface area contributed by atoms with Gasteiger partial charge < -0.3 is 9.64 Å². The third-order valence-corrected chi connectivity index (χ3v) is 3.83. The highest BCUT2D eigenvalue weighted by molar-refractivity contribution is 5.23. The van der Waals surface area contributed by atoms with Gasteiger partial charge in [0.2, 0.25) is 0 Å². The van der Waals surface area contributed by atoms with Crippen LogP contribution in [0, 0.1) is 5.82 Å². The van der Waals surface area contributed by atoms with Gasteiger partial charge in [-0.25, -0.2) is 4.39 Å². The van der Waals surface area contributed by atoms with Crippen molar-refractivity contribution >= 4 is 0 Å². The second kappa shape index (κ2) is 8.16. The summed E-state index contributed by atoms with van der Waals surface area (Å²) in [5, 5.41) is 0. The van der Waals surface area contributed by atoms with Crippen molar-refractivity contribution in [3.63, 3.8) is 0 Å². The molecule has 0 spiro atoms. The zero-order valence-corrected chi connectivity index (χ0v) is 11.7. The molecule has 1 aromatic rings. The molecule has 1 heterocycles. The van der Waals surface area contributed by atoms with Crippen LogP contribution < -0.4 is 9.64 Å². The van der Waals surface area contributed by atoms with E-state index in [0.29, 0.717) is 12.4 Å². The predicted molar refractivity (Wildman–Crippen MR) is 75.2 cm³/mol. The number of rotatable bonds is 6. The lowest BCUT2D eigenvalue weighted by Gasteiger charge is -2.16. The fraction of sp³-hybridized carbons (Fsp3) is 0.625. The minimum absolute atomic E-state index is 0.263. The Hall–Kier alpha value is -1.09. The summed E-state index contributed by atoms with van der Waals surface area (Å²) < 4.78 is 18.8. The maximum absolute atomic E-state index is 13.3. The van der Waals surface area contributed by atoms with E-state index in [9.17, 15) is 4.39 Å². The van der Waals surface area contributed by atoms with Crippen LogP contribution in [0.15, 0.2) is 24.3 Å². The summed E-state index contributed by atoms with van der Waals surface area (Å²) in [5.41, 5.74) is 0. The highest BCUT2D eigenvalue weighted by Crippen LogP contribution is 2.15. The first-order chi connectivity index (χ1) is 9.36. The van der Waals surface area contributed by atoms with Gasteiger partial charge in [0.05, 0.1) is 26.2 Å². The summed E-state index contributed by atoms with van der Waals surface area (Å²) in [7, 11) is 0. The summed E-state index contributed by atoms with van der Waals surface area (Å²) in [6, 6.07) is 6.62. The van der Waals surface area contributed by atoms with Crippen LogP contribution in [0.1, 0.15) is 38.5 Å². The molecule has 106 valence electrons. The number of para-hydroxylation sites is 1. The van der Waals surface area contributed by atoms with Crippen molar-refractivity contribution in [3.05, 3.63) is 30.1 Å². The van der Waals surface area contributed by atoms with E-state index >= 15 is 0 Å². The number of benzene rings is 1. The number of hydrogen-bond donors (Lipinski definition) is 1. The molecule has 0 radical (unpaired) electrons. The van der Waals surface area contributed by atoms with E-state index in [1.165, 1.54) is 57.8 Å². The molecule has 0 saturated carbocycles. The molecule has 2 nitrogen and oxygen atoms in total. The van der Waals surface area contributed by atoms with Crippen LogP contribution in [0.3, 0.4) is 0 Å². The summed E-state index contributed by atoms with van der Waals surface area (Å²) >= 11 is 0. The fourth-order valence-electron chi connectivity index (χ4n) is 2.70. The number of ether oxygens (including phenoxy) is 1. The molecule has 1 N–H and O–H groups in total. The zero-order chi connectivity index (χ0) is 13.3. The lowest BCUT2D eigenvalue weighted by atomic mass is 10.2. The van der Waals surface area contributed by atoms with E-state index < -0.39 is 0 Å². The Kier molecular flexibility index (Phi) is 6.15. The first-order valence-electron chi connectivity index (χ1n) is 7.57. The number of likely N-dealkylation sites (tertiary alicyclic amines) is 1. The molecule has 1 aliphatic rings. The normalized spacial score (nSPS) is 17.1. The lowest BCUT2D eigenvalue weighted by molar-refractivity contribution is -0.899. The van der Waals surface area contributed by atoms with Gasteiger partial charge in [0.25, 0.3) is 0 Å². The number of nitrogens with one attached hydrogen (secondary N) is 1. The summed E-state index contributed by atoms with van der Waals surface area (Å²) in [6.07, 6.45) is 7.74. The Morgan fingerprint density at radius 3 is 2.47 bits per heavy atom. The Morgan fingerprint density at radius 2 is 1.74 bits per heavy atom. The van der Waals surface area contributed by atoms with Crippen LogP contribution in [0.25, 0.3) is 0 Å². The third kappa shape index (κ3) is 5.19. The minimum atomic E-state index is -0.263. The summed E-state index contributed by atoms with van der Waals surface area (Å²) in [6.45, 7) is 4.51. The van der Waals surface area contributed by atoms with E-state index in [0.717, 1.165) is 6.42 Å². The molecule has 0 amide bonds. The number of unbranched alkanes of at least 4 members (excludes halogenated alkanes) is 1. The Morgan fingerprint density at radius 1 is 1.00 bits per heavy atom. The maximum Gasteiger partial charge on any atom is 0.165 e. The Balaban J connectivity index is 1.58. The van der Waals surface area contributed by atoms with E-state index in [4.69, 9.17) is 4.74 Å². The van der Waals surface area contributed by atoms with Gasteiger partial charge in [0, 0.05) is 0 Å². The predicted octanol–water partition coefficient (Wildman–Crippen LogP) is 2.44. The van der Waals surface area contributed by atoms with Crippen LogP contribution in [0.5, 0.6) is 5.75 Å². The van der Waals surface area contributed by atoms with Crippen molar-refractivity contribution in [1.82, 2.24) is 0 Å². The molecule has 1 fully saturated rings. The topological polar surface area (TPSA) is 13.7 Å². The van der Waals surface area contributed by atoms with Gasteiger partial charge in [0.1, 0.15) is 0 Å². The van der Waals surface area contributed by atoms with Crippen molar-refractivity contribution in [2.75, 3.05) is 26.2 Å². The molecular weight excluding hydrogens is 241 g/mol. The second-order valence-electron chi connectivity index (χ2n) is 5.40. The SMILES string of the molecule is Fc1ccccc1OCCCC[NH+]1CCCCCC1. The minimum Gasteiger partial charge on any atom is -0.491 e. The molecule has 0 aliphatic carbocycles. The van der Waals surface area contributed by atoms with Crippen LogP contribution in [0.4, 0.5) is 4.39 Å². The molecule has 2 rings (SSSR count). The standard InChI is InChI=1S/C16H24FNO/c17-15-9-3-4-10-16(15)19-14-8-7-13-18-11-5-1-2-6-12-18/h3-4,9-10H,1-2,5-8,11-14H2/p+1. The molecule has 0 bridgehead atoms. The van der Waals surface area contributed by atoms with Gasteiger partial charge in [-0.05, 0) is 50.7 Å². The van der Waals surface area contributed by atoms with Crippen LogP contribution >= 0.6 is 0 Å². The quantitative estimate of drug-likeness (QED) is 0.781. The smallest absolute Gasteiger partial charge is 0.165 e. The number of quaternary nitrogens is 1. The van der Waals surface area contributed by atoms with Gasteiger partial charge in [0.15, 0.2) is 11.6 Å². The van der Waals surface area contributed by atoms with E-state index in [-0.39, 0.29) is 5.82 Å². The van der Waals surface area contributed by atoms with Gasteiger partial charge >= 0.3 is 0 Å². The number of halogens is 1. The highest BCUT2D eigenvalue weighted by Gasteiger charge is 2.11. The average molecular weight is 266 g/mol. The van der Waals surface area contributed by atoms with Crippen molar-refractivity contribution in [2.24, 2.45) is 0 Å². The van der Waals surface area contributed by atoms with Gasteiger partial charge in [-0.3, -0.25) is 0 Å². The van der Waals surface area contributed by atoms with Gasteiger partial charge in [-0.15, -0.1) is 0 Å². The summed E-state index contributed by atoms with van der Waals surface area (Å²) in [5.74, 6) is 0.116. The van der Waals surface area contributed by atoms with E-state index in [2.05, 4.69) is 0 Å². The fourth-order valence-corrected chi connectivity index (χ4v) is 2.70. The molecule has 1 aliphatic heterocycles. The Labute approximate surface area is 115 Å². The lowest BCUT2D eigenvalue weighted by Crippen LogP contribution is -3.11. The van der Waals surface area contributed by atoms with E-state index in [1.807, 2.05) is 0 Å². The van der Waals surface area contributed by atoms with Crippen LogP contribution in [-0.2, 0) is 0 Å². The first kappa shape index (κ1) is 14.3. The molecule has 3 heteroatoms. The third-order valence-electron chi connectivity index (χ3n) is 3.83. The maximum atomic E-state index is 13.3. The van der Waals surface area contributed by atoms with Crippen molar-refractivity contribution in [2.45, 2.75) is 38.5 Å². The largest absolute Gasteiger partial charge is 0.491 e.